The number of aliphatic hydroxyl groups is 1. The Bertz CT molecular complexity index is 1630. The van der Waals surface area contributed by atoms with E-state index < -0.39 is 41.7 Å². The number of hydrogen-bond acceptors (Lipinski definition) is 7. The van der Waals surface area contributed by atoms with Gasteiger partial charge in [0.05, 0.1) is 42.2 Å². The lowest BCUT2D eigenvalue weighted by molar-refractivity contribution is -0.143. The number of rotatable bonds is 11. The molecule has 4 rings (SSSR count). The molecule has 0 spiro atoms. The molecule has 1 aliphatic heterocycles. The number of para-hydroxylation sites is 1. The fraction of sp³-hybridized carbons (Fsp3) is 0.371. The third-order valence-electron chi connectivity index (χ3n) is 7.43. The fourth-order valence-electron chi connectivity index (χ4n) is 5.13. The molecule has 0 radical (unpaired) electrons. The summed E-state index contributed by atoms with van der Waals surface area (Å²) in [7, 11) is 0. The van der Waals surface area contributed by atoms with Crippen LogP contribution in [0.15, 0.2) is 84.8 Å². The highest BCUT2D eigenvalue weighted by Gasteiger charge is 2.37. The number of aliphatic hydroxyl groups excluding tert-OH is 1. The smallest absolute Gasteiger partial charge is 0.416 e. The third-order valence-corrected chi connectivity index (χ3v) is 7.43. The van der Waals surface area contributed by atoms with Gasteiger partial charge in [0.25, 0.3) is 0 Å². The van der Waals surface area contributed by atoms with E-state index in [1.807, 2.05) is 6.07 Å². The summed E-state index contributed by atoms with van der Waals surface area (Å²) in [6.07, 6.45) is -9.54. The van der Waals surface area contributed by atoms with Gasteiger partial charge in [-0.05, 0) is 75.2 Å². The molecule has 3 aromatic carbocycles. The molecule has 0 aliphatic carbocycles. The van der Waals surface area contributed by atoms with Crippen LogP contribution in [0.3, 0.4) is 0 Å². The van der Waals surface area contributed by atoms with Crippen molar-refractivity contribution in [3.05, 3.63) is 101 Å². The number of halogens is 6. The number of likely N-dealkylation sites (tertiary alicyclic amines) is 1. The third kappa shape index (κ3) is 11.2. The average molecular weight is 709 g/mol. The predicted octanol–water partition coefficient (Wildman–Crippen LogP) is 7.64. The van der Waals surface area contributed by atoms with Gasteiger partial charge in [-0.25, -0.2) is 4.79 Å². The Labute approximate surface area is 285 Å². The van der Waals surface area contributed by atoms with E-state index in [2.05, 4.69) is 10.6 Å². The largest absolute Gasteiger partial charge is 0.514 e. The minimum Gasteiger partial charge on any atom is -0.514 e. The molecule has 1 saturated heterocycles. The number of benzene rings is 3. The number of hydrogen-bond donors (Lipinski definition) is 3. The van der Waals surface area contributed by atoms with Gasteiger partial charge < -0.3 is 35.0 Å². The maximum Gasteiger partial charge on any atom is 0.416 e. The first-order valence-corrected chi connectivity index (χ1v) is 15.6. The second kappa shape index (κ2) is 15.6. The van der Waals surface area contributed by atoms with Crippen LogP contribution < -0.4 is 20.3 Å². The summed E-state index contributed by atoms with van der Waals surface area (Å²) >= 11 is 0. The zero-order valence-corrected chi connectivity index (χ0v) is 27.6. The zero-order chi connectivity index (χ0) is 36.7. The summed E-state index contributed by atoms with van der Waals surface area (Å²) in [4.78, 5) is 29.0. The van der Waals surface area contributed by atoms with Crippen LogP contribution in [0.2, 0.25) is 0 Å². The van der Waals surface area contributed by atoms with Crippen molar-refractivity contribution in [2.45, 2.75) is 57.7 Å². The normalized spacial score (nSPS) is 15.4. The maximum atomic E-state index is 13.6. The van der Waals surface area contributed by atoms with Crippen molar-refractivity contribution in [2.24, 2.45) is 0 Å². The van der Waals surface area contributed by atoms with E-state index in [1.54, 1.807) is 79.1 Å². The molecule has 1 fully saturated rings. The Hall–Kier alpha value is -5.08. The molecular formula is C35H38F6N4O5. The van der Waals surface area contributed by atoms with Crippen molar-refractivity contribution in [3.63, 3.8) is 0 Å². The molecule has 9 nitrogen and oxygen atoms in total. The molecule has 0 bridgehead atoms. The van der Waals surface area contributed by atoms with Crippen molar-refractivity contribution >= 4 is 17.7 Å². The number of alkyl carbamates (subject to hydrolysis) is 1. The highest BCUT2D eigenvalue weighted by molar-refractivity contribution is 5.82. The lowest BCUT2D eigenvalue weighted by Crippen LogP contribution is -2.44. The van der Waals surface area contributed by atoms with Gasteiger partial charge in [-0.15, -0.1) is 0 Å². The summed E-state index contributed by atoms with van der Waals surface area (Å²) in [6.45, 7) is 4.80. The number of ether oxygens (including phenoxy) is 2. The molecule has 50 heavy (non-hydrogen) atoms. The minimum atomic E-state index is -5.02. The van der Waals surface area contributed by atoms with E-state index in [1.165, 1.54) is 0 Å². The van der Waals surface area contributed by atoms with Gasteiger partial charge in [0.15, 0.2) is 0 Å². The lowest BCUT2D eigenvalue weighted by atomic mass is 10.0. The predicted molar refractivity (Wildman–Crippen MR) is 174 cm³/mol. The van der Waals surface area contributed by atoms with Crippen molar-refractivity contribution in [1.82, 2.24) is 15.5 Å². The van der Waals surface area contributed by atoms with Crippen LogP contribution in [0.5, 0.6) is 11.5 Å². The number of nitrogens with one attached hydrogen (secondary N) is 2. The summed E-state index contributed by atoms with van der Waals surface area (Å²) < 4.78 is 91.7. The first-order valence-electron chi connectivity index (χ1n) is 15.6. The molecule has 1 aliphatic rings. The molecule has 1 atom stereocenters. The van der Waals surface area contributed by atoms with Crippen LogP contribution >= 0.6 is 0 Å². The van der Waals surface area contributed by atoms with Gasteiger partial charge in [0, 0.05) is 31.4 Å². The van der Waals surface area contributed by atoms with Gasteiger partial charge in [-0.1, -0.05) is 24.3 Å². The number of alkyl halides is 6. The topological polar surface area (TPSA) is 103 Å². The van der Waals surface area contributed by atoms with E-state index >= 15 is 0 Å². The molecular weight excluding hydrogens is 670 g/mol. The quantitative estimate of drug-likeness (QED) is 0.139. The van der Waals surface area contributed by atoms with Gasteiger partial charge >= 0.3 is 18.4 Å². The Balaban J connectivity index is 1.53. The number of anilines is 1. The van der Waals surface area contributed by atoms with Crippen LogP contribution in [0, 0.1) is 0 Å². The van der Waals surface area contributed by atoms with Crippen LogP contribution in [-0.2, 0) is 28.4 Å². The minimum absolute atomic E-state index is 0.00374. The SMILES string of the molecule is CC(C)(C)OC(=O)N[C@H]1CCN(C(=O)CN(C/C(=C/O)NCc2cc(C(F)(F)F)cc(C(F)(F)F)c2)c2cccc(Oc3ccccc3)c2)C1. The fourth-order valence-corrected chi connectivity index (χ4v) is 5.13. The lowest BCUT2D eigenvalue weighted by Gasteiger charge is -2.28. The summed E-state index contributed by atoms with van der Waals surface area (Å²) in [6, 6.07) is 16.5. The molecule has 0 unspecified atom stereocenters. The Morgan fingerprint density at radius 1 is 0.900 bits per heavy atom. The van der Waals surface area contributed by atoms with Crippen molar-refractivity contribution in [3.8, 4) is 11.5 Å². The van der Waals surface area contributed by atoms with Gasteiger partial charge in [0.2, 0.25) is 5.91 Å². The van der Waals surface area contributed by atoms with E-state index in [0.29, 0.717) is 48.5 Å². The average Bonchev–Trinajstić information content (AvgIpc) is 3.49. The number of carbonyl (C=O) groups is 2. The molecule has 1 heterocycles. The number of amides is 2. The summed E-state index contributed by atoms with van der Waals surface area (Å²) in [5, 5.41) is 15.5. The molecule has 3 N–H and O–H groups in total. The number of carbonyl (C=O) groups excluding carboxylic acids is 2. The second-order valence-corrected chi connectivity index (χ2v) is 12.7. The maximum absolute atomic E-state index is 13.6. The van der Waals surface area contributed by atoms with Gasteiger partial charge in [0.1, 0.15) is 17.1 Å². The highest BCUT2D eigenvalue weighted by Crippen LogP contribution is 2.36. The highest BCUT2D eigenvalue weighted by atomic mass is 19.4. The van der Waals surface area contributed by atoms with E-state index in [9.17, 15) is 41.0 Å². The number of nitrogens with zero attached hydrogens (tertiary/aromatic N) is 2. The Kier molecular flexibility index (Phi) is 11.8. The van der Waals surface area contributed by atoms with Crippen LogP contribution in [0.1, 0.15) is 43.9 Å². The second-order valence-electron chi connectivity index (χ2n) is 12.7. The van der Waals surface area contributed by atoms with E-state index in [4.69, 9.17) is 9.47 Å². The van der Waals surface area contributed by atoms with Gasteiger partial charge in [-0.2, -0.15) is 26.3 Å². The molecule has 0 saturated carbocycles. The standard InChI is InChI=1S/C35H38F6N4O5/c1-33(2,3)50-32(48)43-26-12-13-44(19-26)31(47)21-45(28-8-7-11-30(17-28)49-29-9-5-4-6-10-29)20-27(22-46)42-18-23-14-24(34(36,37)38)16-25(15-23)35(39,40)41/h4-11,14-17,22,26,42,46H,12-13,18-21H2,1-3H3,(H,43,48)/b27-22-/t26-/m0/s1. The first kappa shape index (κ1) is 37.7. The summed E-state index contributed by atoms with van der Waals surface area (Å²) in [5.41, 5.74) is -3.49. The molecule has 0 aromatic heterocycles. The van der Waals surface area contributed by atoms with Crippen LogP contribution in [-0.4, -0.2) is 59.8 Å². The molecule has 3 aromatic rings. The molecule has 15 heteroatoms. The Morgan fingerprint density at radius 2 is 1.54 bits per heavy atom. The zero-order valence-electron chi connectivity index (χ0n) is 27.6. The molecule has 2 amide bonds. The van der Waals surface area contributed by atoms with Crippen molar-refractivity contribution in [2.75, 3.05) is 31.1 Å². The summed E-state index contributed by atoms with van der Waals surface area (Å²) in [5.74, 6) is 0.628. The first-order chi connectivity index (χ1) is 23.4. The van der Waals surface area contributed by atoms with Crippen molar-refractivity contribution < 1.29 is 50.5 Å². The van der Waals surface area contributed by atoms with E-state index in [0.717, 1.165) is 0 Å². The van der Waals surface area contributed by atoms with Crippen molar-refractivity contribution in [1.29, 1.82) is 0 Å². The van der Waals surface area contributed by atoms with E-state index in [-0.39, 0.29) is 48.9 Å². The monoisotopic (exact) mass is 708 g/mol. The van der Waals surface area contributed by atoms with Crippen LogP contribution in [0.4, 0.5) is 36.8 Å². The Morgan fingerprint density at radius 3 is 2.14 bits per heavy atom. The molecule has 270 valence electrons. The van der Waals surface area contributed by atoms with Crippen LogP contribution in [0.25, 0.3) is 0 Å². The van der Waals surface area contributed by atoms with Gasteiger partial charge in [-0.3, -0.25) is 4.79 Å².